The second-order valence-corrected chi connectivity index (χ2v) is 6.72. The fourth-order valence-electron chi connectivity index (χ4n) is 3.29. The van der Waals surface area contributed by atoms with Crippen LogP contribution in [-0.2, 0) is 4.79 Å². The molecule has 1 aliphatic rings. The van der Waals surface area contributed by atoms with Crippen LogP contribution in [0.5, 0.6) is 0 Å². The maximum absolute atomic E-state index is 11.7. The molecule has 6 heteroatoms. The number of carboxylic acid groups (broad SMARTS) is 1. The zero-order valence-corrected chi connectivity index (χ0v) is 17.9. The summed E-state index contributed by atoms with van der Waals surface area (Å²) in [5.74, 6) is -0.103. The van der Waals surface area contributed by atoms with E-state index in [9.17, 15) is 9.90 Å². The minimum absolute atomic E-state index is 0. The number of aliphatic imine (C=N–C) groups is 1. The molecule has 135 valence electrons. The van der Waals surface area contributed by atoms with E-state index in [1.807, 2.05) is 11.8 Å². The molecule has 1 aliphatic heterocycles. The number of hydrogen-bond donors (Lipinski definition) is 2. The molecule has 0 aromatic rings. The summed E-state index contributed by atoms with van der Waals surface area (Å²) in [5.41, 5.74) is -1.000. The van der Waals surface area contributed by atoms with Gasteiger partial charge in [-0.05, 0) is 13.3 Å². The molecule has 0 amide bonds. The maximum Gasteiger partial charge on any atom is 0.333 e. The van der Waals surface area contributed by atoms with E-state index in [0.29, 0.717) is 19.5 Å². The topological polar surface area (TPSA) is 73.1 Å². The molecule has 24 heavy (non-hydrogen) atoms. The molecule has 1 rings (SSSR count). The molecule has 0 aliphatic carbocycles. The third-order valence-corrected chi connectivity index (χ3v) is 4.75. The van der Waals surface area contributed by atoms with Gasteiger partial charge in [-0.1, -0.05) is 64.7 Å². The Bertz CT molecular complexity index is 390. The molecule has 1 atom stereocenters. The first kappa shape index (κ1) is 23.9. The smallest absolute Gasteiger partial charge is 0.333 e. The van der Waals surface area contributed by atoms with E-state index in [0.717, 1.165) is 18.7 Å². The van der Waals surface area contributed by atoms with Gasteiger partial charge in [0.15, 0.2) is 5.54 Å². The van der Waals surface area contributed by atoms with Gasteiger partial charge in [0.05, 0.1) is 19.0 Å². The Morgan fingerprint density at radius 3 is 2.17 bits per heavy atom. The van der Waals surface area contributed by atoms with Gasteiger partial charge in [0, 0.05) is 36.1 Å². The number of aliphatic hydroxyl groups excluding tert-OH is 1. The number of amidine groups is 1. The summed E-state index contributed by atoms with van der Waals surface area (Å²) in [6, 6.07) is 0. The van der Waals surface area contributed by atoms with E-state index in [2.05, 4.69) is 11.9 Å². The summed E-state index contributed by atoms with van der Waals surface area (Å²) in [5, 5.41) is 18.7. The number of carboxylic acids is 1. The van der Waals surface area contributed by atoms with E-state index in [1.165, 1.54) is 44.9 Å². The number of β-amino-alcohol motifs (C(OH)–C–C–N with tert-alkyl or cyclic N) is 1. The first-order valence-electron chi connectivity index (χ1n) is 9.21. The number of aliphatic carboxylic acids is 1. The Labute approximate surface area is 169 Å². The van der Waals surface area contributed by atoms with Crippen LogP contribution in [0.3, 0.4) is 0 Å². The average molecular weight is 349 g/mol. The quantitative estimate of drug-likeness (QED) is 0.396. The SMILES string of the molecule is CCCCCCCCCCCC1(C(=O)O)CN(CCO)C(C)=N1.[Na]. The van der Waals surface area contributed by atoms with Gasteiger partial charge in [-0.15, -0.1) is 0 Å². The number of hydrogen-bond acceptors (Lipinski definition) is 4. The summed E-state index contributed by atoms with van der Waals surface area (Å²) in [4.78, 5) is 18.0. The van der Waals surface area contributed by atoms with Gasteiger partial charge < -0.3 is 15.1 Å². The van der Waals surface area contributed by atoms with E-state index in [1.54, 1.807) is 0 Å². The van der Waals surface area contributed by atoms with Crippen molar-refractivity contribution in [1.29, 1.82) is 0 Å². The van der Waals surface area contributed by atoms with Gasteiger partial charge in [0.1, 0.15) is 0 Å². The molecule has 0 aromatic heterocycles. The van der Waals surface area contributed by atoms with E-state index < -0.39 is 11.5 Å². The summed E-state index contributed by atoms with van der Waals surface area (Å²) in [6.07, 6.45) is 11.6. The molecule has 2 N–H and O–H groups in total. The Morgan fingerprint density at radius 2 is 1.67 bits per heavy atom. The largest absolute Gasteiger partial charge is 0.479 e. The van der Waals surface area contributed by atoms with E-state index >= 15 is 0 Å². The predicted molar refractivity (Wildman–Crippen MR) is 99.7 cm³/mol. The van der Waals surface area contributed by atoms with Crippen molar-refractivity contribution in [2.75, 3.05) is 19.7 Å². The molecular weight excluding hydrogens is 315 g/mol. The number of nitrogens with zero attached hydrogens (tertiary/aromatic N) is 2. The van der Waals surface area contributed by atoms with Crippen molar-refractivity contribution in [2.24, 2.45) is 4.99 Å². The van der Waals surface area contributed by atoms with Crippen LogP contribution in [0.1, 0.15) is 78.1 Å². The molecule has 0 spiro atoms. The average Bonchev–Trinajstić information content (AvgIpc) is 2.84. The van der Waals surface area contributed by atoms with Gasteiger partial charge in [-0.3, -0.25) is 4.99 Å². The fourth-order valence-corrected chi connectivity index (χ4v) is 3.29. The molecule has 0 aromatic carbocycles. The summed E-state index contributed by atoms with van der Waals surface area (Å²) < 4.78 is 0. The van der Waals surface area contributed by atoms with Gasteiger partial charge in [0.2, 0.25) is 0 Å². The van der Waals surface area contributed by atoms with Crippen molar-refractivity contribution in [3.05, 3.63) is 0 Å². The second kappa shape index (κ2) is 13.2. The molecule has 1 unspecified atom stereocenters. The van der Waals surface area contributed by atoms with E-state index in [4.69, 9.17) is 5.11 Å². The van der Waals surface area contributed by atoms with Crippen molar-refractivity contribution in [3.8, 4) is 0 Å². The molecular formula is C18H34N2NaO3. The number of unbranched alkanes of at least 4 members (excludes halogenated alkanes) is 8. The normalized spacial score (nSPS) is 20.0. The van der Waals surface area contributed by atoms with Crippen LogP contribution in [-0.4, -0.2) is 81.7 Å². The standard InChI is InChI=1S/C18H34N2O3.Na/c1-3-4-5-6-7-8-9-10-11-12-18(17(22)23)15-20(13-14-21)16(2)19-18;/h21H,3-15H2,1-2H3,(H,22,23);. The molecule has 0 saturated carbocycles. The van der Waals surface area contributed by atoms with Crippen LogP contribution in [0.15, 0.2) is 4.99 Å². The van der Waals surface area contributed by atoms with Crippen molar-refractivity contribution >= 4 is 41.4 Å². The van der Waals surface area contributed by atoms with Gasteiger partial charge in [-0.2, -0.15) is 0 Å². The van der Waals surface area contributed by atoms with Crippen molar-refractivity contribution in [1.82, 2.24) is 4.90 Å². The minimum atomic E-state index is -1.000. The predicted octanol–water partition coefficient (Wildman–Crippen LogP) is 3.08. The van der Waals surface area contributed by atoms with Crippen LogP contribution in [0.25, 0.3) is 0 Å². The second-order valence-electron chi connectivity index (χ2n) is 6.72. The Balaban J connectivity index is 0.00000529. The third kappa shape index (κ3) is 7.85. The van der Waals surface area contributed by atoms with Gasteiger partial charge in [-0.25, -0.2) is 4.79 Å². The minimum Gasteiger partial charge on any atom is -0.479 e. The first-order valence-corrected chi connectivity index (χ1v) is 9.21. The number of aliphatic hydroxyl groups is 1. The summed E-state index contributed by atoms with van der Waals surface area (Å²) in [7, 11) is 0. The molecule has 1 heterocycles. The zero-order valence-electron chi connectivity index (χ0n) is 15.9. The van der Waals surface area contributed by atoms with Crippen LogP contribution in [0.2, 0.25) is 0 Å². The summed E-state index contributed by atoms with van der Waals surface area (Å²) in [6.45, 7) is 4.94. The maximum atomic E-state index is 11.7. The van der Waals surface area contributed by atoms with Gasteiger partial charge >= 0.3 is 5.97 Å². The van der Waals surface area contributed by atoms with Crippen LogP contribution >= 0.6 is 0 Å². The van der Waals surface area contributed by atoms with E-state index in [-0.39, 0.29) is 36.2 Å². The fraction of sp³-hybridized carbons (Fsp3) is 0.889. The van der Waals surface area contributed by atoms with Gasteiger partial charge in [0.25, 0.3) is 0 Å². The van der Waals surface area contributed by atoms with Crippen LogP contribution < -0.4 is 0 Å². The van der Waals surface area contributed by atoms with Crippen LogP contribution in [0.4, 0.5) is 0 Å². The Kier molecular flexibility index (Phi) is 13.1. The van der Waals surface area contributed by atoms with Crippen molar-refractivity contribution in [3.63, 3.8) is 0 Å². The third-order valence-electron chi connectivity index (χ3n) is 4.75. The Hall–Kier alpha value is -0.100. The molecule has 0 fully saturated rings. The number of carbonyl (C=O) groups is 1. The molecule has 0 bridgehead atoms. The zero-order chi connectivity index (χ0) is 17.1. The molecule has 1 radical (unpaired) electrons. The Morgan fingerprint density at radius 1 is 1.12 bits per heavy atom. The monoisotopic (exact) mass is 349 g/mol. The van der Waals surface area contributed by atoms with Crippen LogP contribution in [0, 0.1) is 0 Å². The van der Waals surface area contributed by atoms with Crippen molar-refractivity contribution < 1.29 is 15.0 Å². The number of rotatable bonds is 13. The van der Waals surface area contributed by atoms with Crippen molar-refractivity contribution in [2.45, 2.75) is 83.6 Å². The first-order chi connectivity index (χ1) is 11.1. The molecule has 0 saturated heterocycles. The molecule has 5 nitrogen and oxygen atoms in total. The summed E-state index contributed by atoms with van der Waals surface area (Å²) >= 11 is 0.